The average molecular weight is 318 g/mol. The summed E-state index contributed by atoms with van der Waals surface area (Å²) in [5, 5.41) is 15.6. The SMILES string of the molecule is Cc1ccc(C2=NOC(Cc3ccc4cccnc4c3O)C2)cc1. The molecule has 1 aliphatic rings. The standard InChI is InChI=1S/C20H18N2O2/c1-13-4-6-14(7-5-13)18-12-17(24-22-18)11-16-9-8-15-3-2-10-21-19(15)20(16)23/h2-10,17,23H,11-12H2,1H3. The smallest absolute Gasteiger partial charge is 0.145 e. The summed E-state index contributed by atoms with van der Waals surface area (Å²) in [4.78, 5) is 9.84. The minimum Gasteiger partial charge on any atom is -0.505 e. The Hall–Kier alpha value is -2.88. The van der Waals surface area contributed by atoms with E-state index in [0.29, 0.717) is 11.9 Å². The van der Waals surface area contributed by atoms with E-state index in [0.717, 1.165) is 28.6 Å². The summed E-state index contributed by atoms with van der Waals surface area (Å²) >= 11 is 0. The molecule has 3 aromatic rings. The van der Waals surface area contributed by atoms with Crippen molar-refractivity contribution in [3.8, 4) is 5.75 Å². The number of benzene rings is 2. The zero-order valence-corrected chi connectivity index (χ0v) is 13.4. The van der Waals surface area contributed by atoms with Crippen molar-refractivity contribution in [3.63, 3.8) is 0 Å². The van der Waals surface area contributed by atoms with Crippen LogP contribution in [0.2, 0.25) is 0 Å². The highest BCUT2D eigenvalue weighted by molar-refractivity contribution is 6.01. The largest absolute Gasteiger partial charge is 0.505 e. The summed E-state index contributed by atoms with van der Waals surface area (Å²) in [6.07, 6.45) is 2.98. The summed E-state index contributed by atoms with van der Waals surface area (Å²) in [7, 11) is 0. The number of phenolic OH excluding ortho intramolecular Hbond substituents is 1. The van der Waals surface area contributed by atoms with Gasteiger partial charge in [0.2, 0.25) is 0 Å². The van der Waals surface area contributed by atoms with Crippen molar-refractivity contribution in [2.75, 3.05) is 0 Å². The Morgan fingerprint density at radius 2 is 1.96 bits per heavy atom. The number of hydrogen-bond donors (Lipinski definition) is 1. The van der Waals surface area contributed by atoms with Gasteiger partial charge in [0, 0.05) is 24.4 Å². The van der Waals surface area contributed by atoms with E-state index >= 15 is 0 Å². The summed E-state index contributed by atoms with van der Waals surface area (Å²) in [6, 6.07) is 16.0. The number of aryl methyl sites for hydroxylation is 1. The molecule has 1 atom stereocenters. The Morgan fingerprint density at radius 3 is 2.79 bits per heavy atom. The van der Waals surface area contributed by atoms with Gasteiger partial charge in [-0.25, -0.2) is 0 Å². The van der Waals surface area contributed by atoms with Crippen LogP contribution in [0, 0.1) is 6.92 Å². The molecule has 0 bridgehead atoms. The van der Waals surface area contributed by atoms with Gasteiger partial charge in [0.1, 0.15) is 17.4 Å². The molecule has 0 spiro atoms. The minimum absolute atomic E-state index is 0.0617. The number of pyridine rings is 1. The number of oxime groups is 1. The van der Waals surface area contributed by atoms with Crippen LogP contribution in [0.3, 0.4) is 0 Å². The lowest BCUT2D eigenvalue weighted by atomic mass is 9.98. The fraction of sp³-hybridized carbons (Fsp3) is 0.200. The number of nitrogens with zero attached hydrogens (tertiary/aromatic N) is 2. The molecule has 120 valence electrons. The van der Waals surface area contributed by atoms with E-state index in [1.54, 1.807) is 6.20 Å². The van der Waals surface area contributed by atoms with Gasteiger partial charge in [-0.15, -0.1) is 0 Å². The first kappa shape index (κ1) is 14.7. The fourth-order valence-corrected chi connectivity index (χ4v) is 3.04. The second-order valence-electron chi connectivity index (χ2n) is 6.19. The first-order valence-corrected chi connectivity index (χ1v) is 8.06. The highest BCUT2D eigenvalue weighted by Gasteiger charge is 2.24. The molecule has 0 radical (unpaired) electrons. The van der Waals surface area contributed by atoms with Crippen molar-refractivity contribution in [2.45, 2.75) is 25.9 Å². The van der Waals surface area contributed by atoms with Crippen LogP contribution in [-0.2, 0) is 11.3 Å². The van der Waals surface area contributed by atoms with E-state index in [9.17, 15) is 5.11 Å². The van der Waals surface area contributed by atoms with Crippen LogP contribution < -0.4 is 0 Å². The first-order valence-electron chi connectivity index (χ1n) is 8.06. The van der Waals surface area contributed by atoms with E-state index in [1.807, 2.05) is 24.3 Å². The van der Waals surface area contributed by atoms with Gasteiger partial charge in [0.15, 0.2) is 0 Å². The second-order valence-corrected chi connectivity index (χ2v) is 6.19. The Morgan fingerprint density at radius 1 is 1.12 bits per heavy atom. The lowest BCUT2D eigenvalue weighted by Crippen LogP contribution is -2.12. The number of hydrogen-bond acceptors (Lipinski definition) is 4. The van der Waals surface area contributed by atoms with Crippen LogP contribution in [0.25, 0.3) is 10.9 Å². The summed E-state index contributed by atoms with van der Waals surface area (Å²) < 4.78 is 0. The summed E-state index contributed by atoms with van der Waals surface area (Å²) in [5.74, 6) is 0.237. The number of rotatable bonds is 3. The minimum atomic E-state index is -0.0617. The maximum absolute atomic E-state index is 10.5. The number of aromatic nitrogens is 1. The molecule has 1 aliphatic heterocycles. The molecule has 0 saturated heterocycles. The van der Waals surface area contributed by atoms with Gasteiger partial charge in [-0.2, -0.15) is 0 Å². The molecule has 24 heavy (non-hydrogen) atoms. The van der Waals surface area contributed by atoms with Crippen molar-refractivity contribution >= 4 is 16.6 Å². The molecule has 0 saturated carbocycles. The predicted octanol–water partition coefficient (Wildman–Crippen LogP) is 3.98. The zero-order chi connectivity index (χ0) is 16.5. The molecule has 4 rings (SSSR count). The van der Waals surface area contributed by atoms with E-state index in [2.05, 4.69) is 41.3 Å². The normalized spacial score (nSPS) is 16.9. The molecule has 1 unspecified atom stereocenters. The predicted molar refractivity (Wildman–Crippen MR) is 94.3 cm³/mol. The number of aromatic hydroxyl groups is 1. The van der Waals surface area contributed by atoms with E-state index in [4.69, 9.17) is 4.84 Å². The van der Waals surface area contributed by atoms with Crippen LogP contribution in [-0.4, -0.2) is 21.9 Å². The highest BCUT2D eigenvalue weighted by Crippen LogP contribution is 2.30. The third kappa shape index (κ3) is 2.71. The Kier molecular flexibility index (Phi) is 3.65. The zero-order valence-electron chi connectivity index (χ0n) is 13.4. The average Bonchev–Trinajstić information content (AvgIpc) is 3.07. The van der Waals surface area contributed by atoms with Crippen molar-refractivity contribution < 1.29 is 9.94 Å². The molecule has 0 aliphatic carbocycles. The molecule has 4 heteroatoms. The highest BCUT2D eigenvalue weighted by atomic mass is 16.6. The lowest BCUT2D eigenvalue weighted by molar-refractivity contribution is 0.0855. The Bertz CT molecular complexity index is 917. The van der Waals surface area contributed by atoms with Gasteiger partial charge in [-0.1, -0.05) is 53.2 Å². The summed E-state index contributed by atoms with van der Waals surface area (Å²) in [5.41, 5.74) is 4.74. The van der Waals surface area contributed by atoms with Gasteiger partial charge in [0.05, 0.1) is 5.71 Å². The third-order valence-corrected chi connectivity index (χ3v) is 4.40. The molecule has 1 N–H and O–H groups in total. The van der Waals surface area contributed by atoms with Gasteiger partial charge in [-0.05, 0) is 24.1 Å². The molecule has 2 heterocycles. The van der Waals surface area contributed by atoms with Gasteiger partial charge in [0.25, 0.3) is 0 Å². The molecule has 0 fully saturated rings. The van der Waals surface area contributed by atoms with Crippen molar-refractivity contribution in [1.82, 2.24) is 4.98 Å². The molecule has 1 aromatic heterocycles. The number of fused-ring (bicyclic) bond motifs is 1. The van der Waals surface area contributed by atoms with Crippen LogP contribution in [0.15, 0.2) is 59.9 Å². The fourth-order valence-electron chi connectivity index (χ4n) is 3.04. The Balaban J connectivity index is 1.51. The molecule has 0 amide bonds. The molecular weight excluding hydrogens is 300 g/mol. The lowest BCUT2D eigenvalue weighted by Gasteiger charge is -2.11. The second kappa shape index (κ2) is 5.96. The van der Waals surface area contributed by atoms with E-state index in [-0.39, 0.29) is 11.9 Å². The quantitative estimate of drug-likeness (QED) is 0.794. The maximum atomic E-state index is 10.5. The van der Waals surface area contributed by atoms with Crippen molar-refractivity contribution in [2.24, 2.45) is 5.16 Å². The monoisotopic (exact) mass is 318 g/mol. The van der Waals surface area contributed by atoms with Crippen molar-refractivity contribution in [3.05, 3.63) is 71.4 Å². The molecule has 2 aromatic carbocycles. The maximum Gasteiger partial charge on any atom is 0.145 e. The van der Waals surface area contributed by atoms with E-state index in [1.165, 1.54) is 5.56 Å². The summed E-state index contributed by atoms with van der Waals surface area (Å²) in [6.45, 7) is 2.07. The van der Waals surface area contributed by atoms with Gasteiger partial charge < -0.3 is 9.94 Å². The molecule has 4 nitrogen and oxygen atoms in total. The number of phenols is 1. The van der Waals surface area contributed by atoms with Crippen LogP contribution in [0.1, 0.15) is 23.1 Å². The van der Waals surface area contributed by atoms with E-state index < -0.39 is 0 Å². The van der Waals surface area contributed by atoms with Crippen molar-refractivity contribution in [1.29, 1.82) is 0 Å². The van der Waals surface area contributed by atoms with Gasteiger partial charge in [-0.3, -0.25) is 4.98 Å². The van der Waals surface area contributed by atoms with Crippen LogP contribution in [0.5, 0.6) is 5.75 Å². The third-order valence-electron chi connectivity index (χ3n) is 4.40. The first-order chi connectivity index (χ1) is 11.7. The topological polar surface area (TPSA) is 54.7 Å². The van der Waals surface area contributed by atoms with Crippen LogP contribution >= 0.6 is 0 Å². The van der Waals surface area contributed by atoms with Gasteiger partial charge >= 0.3 is 0 Å². The molecular formula is C20H18N2O2. The Labute approximate surface area is 140 Å². The van der Waals surface area contributed by atoms with Crippen LogP contribution in [0.4, 0.5) is 0 Å².